The number of methoxy groups -OCH3 is 1. The van der Waals surface area contributed by atoms with E-state index in [1.165, 1.54) is 12.0 Å². The van der Waals surface area contributed by atoms with Gasteiger partial charge in [0.1, 0.15) is 6.54 Å². The summed E-state index contributed by atoms with van der Waals surface area (Å²) in [6, 6.07) is 5.08. The fourth-order valence-corrected chi connectivity index (χ4v) is 1.82. The lowest BCUT2D eigenvalue weighted by Gasteiger charge is -2.21. The summed E-state index contributed by atoms with van der Waals surface area (Å²) >= 11 is 5.93. The van der Waals surface area contributed by atoms with Gasteiger partial charge in [0.25, 0.3) is 5.91 Å². The second-order valence-electron chi connectivity index (χ2n) is 4.27. The van der Waals surface area contributed by atoms with Gasteiger partial charge in [-0.3, -0.25) is 9.59 Å². The number of hydrogen-bond acceptors (Lipinski definition) is 3. The Morgan fingerprint density at radius 1 is 1.37 bits per heavy atom. The molecule has 0 spiro atoms. The molecule has 1 rings (SSSR count). The summed E-state index contributed by atoms with van der Waals surface area (Å²) in [6.07, 6.45) is 0.773. The first-order valence-electron chi connectivity index (χ1n) is 6.11. The van der Waals surface area contributed by atoms with E-state index in [0.29, 0.717) is 17.1 Å². The van der Waals surface area contributed by atoms with Crippen LogP contribution in [0.25, 0.3) is 0 Å². The van der Waals surface area contributed by atoms with Crippen molar-refractivity contribution in [2.45, 2.75) is 20.3 Å². The number of carbonyl (C=O) groups is 2. The monoisotopic (exact) mass is 283 g/mol. The van der Waals surface area contributed by atoms with Crippen LogP contribution in [0, 0.1) is 6.92 Å². The van der Waals surface area contributed by atoms with Crippen LogP contribution in [-0.2, 0) is 9.53 Å². The number of ether oxygens (including phenoxy) is 1. The highest BCUT2D eigenvalue weighted by atomic mass is 35.5. The Morgan fingerprint density at radius 2 is 2.05 bits per heavy atom. The Balaban J connectivity index is 2.91. The lowest BCUT2D eigenvalue weighted by molar-refractivity contribution is -0.141. The summed E-state index contributed by atoms with van der Waals surface area (Å²) in [6.45, 7) is 4.26. The van der Waals surface area contributed by atoms with Crippen molar-refractivity contribution in [1.29, 1.82) is 0 Å². The maximum atomic E-state index is 12.3. The first-order chi connectivity index (χ1) is 8.99. The van der Waals surface area contributed by atoms with Crippen LogP contribution in [-0.4, -0.2) is 37.0 Å². The molecule has 0 atom stereocenters. The van der Waals surface area contributed by atoms with Crippen molar-refractivity contribution >= 4 is 23.5 Å². The van der Waals surface area contributed by atoms with Crippen molar-refractivity contribution in [3.05, 3.63) is 34.3 Å². The summed E-state index contributed by atoms with van der Waals surface area (Å²) in [4.78, 5) is 25.1. The maximum absolute atomic E-state index is 12.3. The lowest BCUT2D eigenvalue weighted by atomic mass is 10.1. The molecule has 0 aliphatic heterocycles. The molecule has 104 valence electrons. The number of hydrogen-bond donors (Lipinski definition) is 0. The number of amides is 1. The van der Waals surface area contributed by atoms with Crippen LogP contribution >= 0.6 is 11.6 Å². The van der Waals surface area contributed by atoms with Crippen molar-refractivity contribution in [3.8, 4) is 0 Å². The van der Waals surface area contributed by atoms with Crippen LogP contribution in [0.3, 0.4) is 0 Å². The predicted octanol–water partition coefficient (Wildman–Crippen LogP) is 2.67. The fourth-order valence-electron chi connectivity index (χ4n) is 1.70. The Kier molecular flexibility index (Phi) is 5.83. The highest BCUT2D eigenvalue weighted by Crippen LogP contribution is 2.17. The van der Waals surface area contributed by atoms with Crippen molar-refractivity contribution in [2.24, 2.45) is 0 Å². The summed E-state index contributed by atoms with van der Waals surface area (Å²) in [7, 11) is 1.31. The first-order valence-corrected chi connectivity index (χ1v) is 6.49. The van der Waals surface area contributed by atoms with E-state index in [4.69, 9.17) is 11.6 Å². The largest absolute Gasteiger partial charge is 0.468 e. The highest BCUT2D eigenvalue weighted by molar-refractivity contribution is 6.31. The molecule has 4 nitrogen and oxygen atoms in total. The minimum Gasteiger partial charge on any atom is -0.468 e. The number of nitrogens with zero attached hydrogens (tertiary/aromatic N) is 1. The second-order valence-corrected chi connectivity index (χ2v) is 4.67. The van der Waals surface area contributed by atoms with Gasteiger partial charge in [-0.25, -0.2) is 0 Å². The summed E-state index contributed by atoms with van der Waals surface area (Å²) in [5, 5.41) is 0.617. The van der Waals surface area contributed by atoms with Gasteiger partial charge in [-0.2, -0.15) is 0 Å². The number of rotatable bonds is 5. The van der Waals surface area contributed by atoms with Gasteiger partial charge in [0, 0.05) is 17.1 Å². The summed E-state index contributed by atoms with van der Waals surface area (Å²) in [5.74, 6) is -0.612. The molecule has 0 radical (unpaired) electrons. The molecular formula is C14H18ClNO3. The van der Waals surface area contributed by atoms with Crippen LogP contribution in [0.2, 0.25) is 5.02 Å². The first kappa shape index (κ1) is 15.5. The Hall–Kier alpha value is -1.55. The normalized spacial score (nSPS) is 10.1. The number of halogens is 1. The third-order valence-corrected chi connectivity index (χ3v) is 3.16. The summed E-state index contributed by atoms with van der Waals surface area (Å²) < 4.78 is 4.60. The van der Waals surface area contributed by atoms with E-state index in [2.05, 4.69) is 4.74 Å². The molecule has 19 heavy (non-hydrogen) atoms. The van der Waals surface area contributed by atoms with Gasteiger partial charge in [0.2, 0.25) is 0 Å². The van der Waals surface area contributed by atoms with Gasteiger partial charge in [-0.15, -0.1) is 0 Å². The standard InChI is InChI=1S/C14H18ClNO3/c1-4-7-16(9-13(17)19-3)14(18)11-5-6-12(15)10(2)8-11/h5-6,8H,4,7,9H2,1-3H3. The molecule has 1 amide bonds. The van der Waals surface area contributed by atoms with Crippen LogP contribution in [0.5, 0.6) is 0 Å². The molecular weight excluding hydrogens is 266 g/mol. The number of carbonyl (C=O) groups excluding carboxylic acids is 2. The minimum atomic E-state index is -0.424. The number of aryl methyl sites for hydroxylation is 1. The van der Waals surface area contributed by atoms with Gasteiger partial charge >= 0.3 is 5.97 Å². The quantitative estimate of drug-likeness (QED) is 0.781. The Morgan fingerprint density at radius 3 is 2.58 bits per heavy atom. The fraction of sp³-hybridized carbons (Fsp3) is 0.429. The average Bonchev–Trinajstić information content (AvgIpc) is 2.40. The SMILES string of the molecule is CCCN(CC(=O)OC)C(=O)c1ccc(Cl)c(C)c1. The molecule has 1 aromatic rings. The van der Waals surface area contributed by atoms with E-state index in [-0.39, 0.29) is 12.5 Å². The van der Waals surface area contributed by atoms with E-state index in [9.17, 15) is 9.59 Å². The van der Waals surface area contributed by atoms with Crippen LogP contribution in [0.4, 0.5) is 0 Å². The van der Waals surface area contributed by atoms with Crippen LogP contribution < -0.4 is 0 Å². The van der Waals surface area contributed by atoms with Gasteiger partial charge < -0.3 is 9.64 Å². The Labute approximate surface area is 118 Å². The molecule has 0 saturated carbocycles. The van der Waals surface area contributed by atoms with Crippen LogP contribution in [0.15, 0.2) is 18.2 Å². The molecule has 0 bridgehead atoms. The molecule has 0 N–H and O–H groups in total. The van der Waals surface area contributed by atoms with Gasteiger partial charge in [0.15, 0.2) is 0 Å². The van der Waals surface area contributed by atoms with Gasteiger partial charge in [-0.1, -0.05) is 18.5 Å². The minimum absolute atomic E-state index is 0.0369. The van der Waals surface area contributed by atoms with Crippen molar-refractivity contribution in [2.75, 3.05) is 20.2 Å². The molecule has 5 heteroatoms. The molecule has 0 heterocycles. The van der Waals surface area contributed by atoms with E-state index in [0.717, 1.165) is 12.0 Å². The summed E-state index contributed by atoms with van der Waals surface area (Å²) in [5.41, 5.74) is 1.36. The molecule has 0 aliphatic carbocycles. The molecule has 0 fully saturated rings. The Bertz CT molecular complexity index is 474. The molecule has 0 aliphatic rings. The topological polar surface area (TPSA) is 46.6 Å². The third kappa shape index (κ3) is 4.24. The molecule has 0 aromatic heterocycles. The number of esters is 1. The van der Waals surface area contributed by atoms with E-state index in [1.807, 2.05) is 13.8 Å². The van der Waals surface area contributed by atoms with Crippen molar-refractivity contribution in [3.63, 3.8) is 0 Å². The zero-order valence-electron chi connectivity index (χ0n) is 11.4. The highest BCUT2D eigenvalue weighted by Gasteiger charge is 2.18. The van der Waals surface area contributed by atoms with E-state index in [1.54, 1.807) is 18.2 Å². The van der Waals surface area contributed by atoms with E-state index < -0.39 is 5.97 Å². The predicted molar refractivity (Wildman–Crippen MR) is 74.4 cm³/mol. The van der Waals surface area contributed by atoms with Crippen molar-refractivity contribution in [1.82, 2.24) is 4.90 Å². The van der Waals surface area contributed by atoms with E-state index >= 15 is 0 Å². The van der Waals surface area contributed by atoms with Crippen LogP contribution in [0.1, 0.15) is 29.3 Å². The number of benzene rings is 1. The van der Waals surface area contributed by atoms with Gasteiger partial charge in [0.05, 0.1) is 7.11 Å². The average molecular weight is 284 g/mol. The third-order valence-electron chi connectivity index (χ3n) is 2.73. The zero-order chi connectivity index (χ0) is 14.4. The molecule has 0 saturated heterocycles. The molecule has 0 unspecified atom stereocenters. The lowest BCUT2D eigenvalue weighted by Crippen LogP contribution is -2.36. The van der Waals surface area contributed by atoms with Gasteiger partial charge in [-0.05, 0) is 37.1 Å². The second kappa shape index (κ2) is 7.14. The van der Waals surface area contributed by atoms with Crippen molar-refractivity contribution < 1.29 is 14.3 Å². The zero-order valence-corrected chi connectivity index (χ0v) is 12.2. The maximum Gasteiger partial charge on any atom is 0.325 e. The molecule has 1 aromatic carbocycles. The smallest absolute Gasteiger partial charge is 0.325 e.